The van der Waals surface area contributed by atoms with Crippen LogP contribution in [0.25, 0.3) is 0 Å². The second kappa shape index (κ2) is 7.83. The molecule has 0 heterocycles. The van der Waals surface area contributed by atoms with Crippen molar-refractivity contribution >= 4 is 28.3 Å². The number of halogens is 1. The first-order chi connectivity index (χ1) is 10.1. The average molecular weight is 393 g/mol. The van der Waals surface area contributed by atoms with E-state index in [1.165, 1.54) is 51.5 Å². The molecule has 112 valence electrons. The van der Waals surface area contributed by atoms with Crippen molar-refractivity contribution in [1.82, 2.24) is 0 Å². The van der Waals surface area contributed by atoms with Gasteiger partial charge in [-0.05, 0) is 90.9 Å². The third-order valence-corrected chi connectivity index (χ3v) is 4.92. The van der Waals surface area contributed by atoms with Gasteiger partial charge in [-0.3, -0.25) is 0 Å². The average Bonchev–Trinajstić information content (AvgIpc) is 2.46. The highest BCUT2D eigenvalue weighted by Crippen LogP contribution is 2.22. The molecule has 0 aliphatic heterocycles. The molecule has 0 aliphatic carbocycles. The Morgan fingerprint density at radius 3 is 2.29 bits per heavy atom. The molecule has 0 unspecified atom stereocenters. The number of hydrogen-bond donors (Lipinski definition) is 1. The van der Waals surface area contributed by atoms with Crippen LogP contribution in [0.1, 0.15) is 41.5 Å². The van der Waals surface area contributed by atoms with Gasteiger partial charge in [-0.1, -0.05) is 36.2 Å². The highest BCUT2D eigenvalue weighted by Gasteiger charge is 2.03. The standard InChI is InChI=1S/C19H24IN/c1-14-8-10-16(11-9-14)6-4-3-5-7-17-13-18(20)19(21)12-15(17)2/h8-13H,3-7,21H2,1-2H3. The molecule has 0 atom stereocenters. The predicted octanol–water partition coefficient (Wildman–Crippen LogP) is 5.45. The normalized spacial score (nSPS) is 10.8. The van der Waals surface area contributed by atoms with Gasteiger partial charge in [-0.15, -0.1) is 0 Å². The lowest BCUT2D eigenvalue weighted by atomic mass is 10.00. The predicted molar refractivity (Wildman–Crippen MR) is 101 cm³/mol. The van der Waals surface area contributed by atoms with Crippen LogP contribution in [-0.4, -0.2) is 0 Å². The van der Waals surface area contributed by atoms with E-state index < -0.39 is 0 Å². The number of unbranched alkanes of at least 4 members (excludes halogenated alkanes) is 2. The van der Waals surface area contributed by atoms with Crippen molar-refractivity contribution in [2.24, 2.45) is 0 Å². The lowest BCUT2D eigenvalue weighted by molar-refractivity contribution is 0.677. The zero-order chi connectivity index (χ0) is 15.2. The molecule has 0 fully saturated rings. The van der Waals surface area contributed by atoms with E-state index >= 15 is 0 Å². The summed E-state index contributed by atoms with van der Waals surface area (Å²) in [6, 6.07) is 13.3. The van der Waals surface area contributed by atoms with E-state index in [0.29, 0.717) is 0 Å². The highest BCUT2D eigenvalue weighted by atomic mass is 127. The molecule has 21 heavy (non-hydrogen) atoms. The molecule has 0 saturated heterocycles. The number of nitrogen functional groups attached to an aromatic ring is 1. The monoisotopic (exact) mass is 393 g/mol. The molecular formula is C19H24IN. The van der Waals surface area contributed by atoms with Gasteiger partial charge < -0.3 is 5.73 Å². The number of nitrogens with two attached hydrogens (primary N) is 1. The van der Waals surface area contributed by atoms with E-state index in [1.54, 1.807) is 0 Å². The Kier molecular flexibility index (Phi) is 6.09. The van der Waals surface area contributed by atoms with Gasteiger partial charge in [-0.25, -0.2) is 0 Å². The molecule has 0 aliphatic rings. The van der Waals surface area contributed by atoms with Crippen molar-refractivity contribution < 1.29 is 0 Å². The van der Waals surface area contributed by atoms with E-state index in [1.807, 2.05) is 0 Å². The lowest BCUT2D eigenvalue weighted by Gasteiger charge is -2.09. The van der Waals surface area contributed by atoms with Gasteiger partial charge in [0.1, 0.15) is 0 Å². The topological polar surface area (TPSA) is 26.0 Å². The molecular weight excluding hydrogens is 369 g/mol. The van der Waals surface area contributed by atoms with Crippen LogP contribution in [0.2, 0.25) is 0 Å². The maximum atomic E-state index is 5.93. The van der Waals surface area contributed by atoms with Gasteiger partial charge in [0.05, 0.1) is 0 Å². The molecule has 2 rings (SSSR count). The van der Waals surface area contributed by atoms with Crippen LogP contribution in [-0.2, 0) is 12.8 Å². The number of benzene rings is 2. The fraction of sp³-hybridized carbons (Fsp3) is 0.368. The summed E-state index contributed by atoms with van der Waals surface area (Å²) in [5, 5.41) is 0. The zero-order valence-electron chi connectivity index (χ0n) is 13.0. The fourth-order valence-corrected chi connectivity index (χ4v) is 3.12. The first-order valence-electron chi connectivity index (χ1n) is 7.66. The van der Waals surface area contributed by atoms with Gasteiger partial charge >= 0.3 is 0 Å². The molecule has 0 amide bonds. The first-order valence-corrected chi connectivity index (χ1v) is 8.74. The van der Waals surface area contributed by atoms with Crippen LogP contribution >= 0.6 is 22.6 Å². The third-order valence-electron chi connectivity index (χ3n) is 3.99. The minimum atomic E-state index is 0.899. The van der Waals surface area contributed by atoms with E-state index in [0.717, 1.165) is 12.1 Å². The Bertz CT molecular complexity index is 587. The number of hydrogen-bond acceptors (Lipinski definition) is 1. The minimum absolute atomic E-state index is 0.899. The Balaban J connectivity index is 1.75. The maximum Gasteiger partial charge on any atom is 0.0452 e. The van der Waals surface area contributed by atoms with Gasteiger partial charge in [0.15, 0.2) is 0 Å². The smallest absolute Gasteiger partial charge is 0.0452 e. The molecule has 0 aromatic heterocycles. The number of anilines is 1. The summed E-state index contributed by atoms with van der Waals surface area (Å²) in [5.41, 5.74) is 12.4. The number of aryl methyl sites for hydroxylation is 4. The van der Waals surface area contributed by atoms with Crippen molar-refractivity contribution in [3.8, 4) is 0 Å². The minimum Gasteiger partial charge on any atom is -0.398 e. The molecule has 1 nitrogen and oxygen atoms in total. The molecule has 2 N–H and O–H groups in total. The molecule has 0 bridgehead atoms. The van der Waals surface area contributed by atoms with Crippen molar-refractivity contribution in [1.29, 1.82) is 0 Å². The summed E-state index contributed by atoms with van der Waals surface area (Å²) in [6.07, 6.45) is 6.17. The summed E-state index contributed by atoms with van der Waals surface area (Å²) in [4.78, 5) is 0. The van der Waals surface area contributed by atoms with Crippen LogP contribution in [0.3, 0.4) is 0 Å². The van der Waals surface area contributed by atoms with E-state index in [4.69, 9.17) is 5.73 Å². The molecule has 2 heteroatoms. The van der Waals surface area contributed by atoms with E-state index in [2.05, 4.69) is 72.8 Å². The maximum absolute atomic E-state index is 5.93. The zero-order valence-corrected chi connectivity index (χ0v) is 15.1. The van der Waals surface area contributed by atoms with Gasteiger partial charge in [0.25, 0.3) is 0 Å². The Morgan fingerprint density at radius 2 is 1.57 bits per heavy atom. The highest BCUT2D eigenvalue weighted by molar-refractivity contribution is 14.1. The third kappa shape index (κ3) is 5.03. The van der Waals surface area contributed by atoms with Crippen LogP contribution in [0.4, 0.5) is 5.69 Å². The van der Waals surface area contributed by atoms with Gasteiger partial charge in [0.2, 0.25) is 0 Å². The summed E-state index contributed by atoms with van der Waals surface area (Å²) >= 11 is 2.32. The van der Waals surface area contributed by atoms with E-state index in [-0.39, 0.29) is 0 Å². The summed E-state index contributed by atoms with van der Waals surface area (Å²) < 4.78 is 1.17. The molecule has 0 radical (unpaired) electrons. The fourth-order valence-electron chi connectivity index (χ4n) is 2.59. The van der Waals surface area contributed by atoms with Crippen LogP contribution in [0.5, 0.6) is 0 Å². The van der Waals surface area contributed by atoms with Crippen molar-refractivity contribution in [3.05, 3.63) is 62.2 Å². The second-order valence-corrected chi connectivity index (χ2v) is 7.01. The van der Waals surface area contributed by atoms with Gasteiger partial charge in [-0.2, -0.15) is 0 Å². The first kappa shape index (κ1) is 16.3. The Morgan fingerprint density at radius 1 is 0.905 bits per heavy atom. The van der Waals surface area contributed by atoms with Crippen LogP contribution < -0.4 is 5.73 Å². The second-order valence-electron chi connectivity index (χ2n) is 5.85. The summed E-state index contributed by atoms with van der Waals surface area (Å²) in [7, 11) is 0. The number of rotatable bonds is 6. The quantitative estimate of drug-likeness (QED) is 0.395. The summed E-state index contributed by atoms with van der Waals surface area (Å²) in [6.45, 7) is 4.30. The van der Waals surface area contributed by atoms with E-state index in [9.17, 15) is 0 Å². The molecule has 0 spiro atoms. The molecule has 2 aromatic carbocycles. The van der Waals surface area contributed by atoms with Crippen molar-refractivity contribution in [3.63, 3.8) is 0 Å². The van der Waals surface area contributed by atoms with Gasteiger partial charge in [0, 0.05) is 9.26 Å². The molecule has 2 aromatic rings. The Hall–Kier alpha value is -1.03. The van der Waals surface area contributed by atoms with Crippen molar-refractivity contribution in [2.45, 2.75) is 46.0 Å². The summed E-state index contributed by atoms with van der Waals surface area (Å²) in [5.74, 6) is 0. The van der Waals surface area contributed by atoms with Crippen LogP contribution in [0, 0.1) is 17.4 Å². The van der Waals surface area contributed by atoms with Crippen LogP contribution in [0.15, 0.2) is 36.4 Å². The van der Waals surface area contributed by atoms with Crippen molar-refractivity contribution in [2.75, 3.05) is 5.73 Å². The molecule has 0 saturated carbocycles. The Labute approximate surface area is 142 Å². The lowest BCUT2D eigenvalue weighted by Crippen LogP contribution is -1.96. The largest absolute Gasteiger partial charge is 0.398 e. The SMILES string of the molecule is Cc1ccc(CCCCCc2cc(I)c(N)cc2C)cc1.